The molecule has 0 spiro atoms. The Hall–Kier alpha value is -1.24. The zero-order chi connectivity index (χ0) is 15.7. The van der Waals surface area contributed by atoms with Gasteiger partial charge in [-0.15, -0.1) is 11.8 Å². The van der Waals surface area contributed by atoms with Crippen LogP contribution >= 0.6 is 23.4 Å². The predicted octanol–water partition coefficient (Wildman–Crippen LogP) is 1.57. The van der Waals surface area contributed by atoms with Gasteiger partial charge < -0.3 is 9.80 Å². The Balaban J connectivity index is 1.73. The summed E-state index contributed by atoms with van der Waals surface area (Å²) in [5.74, 6) is 1.48. The van der Waals surface area contributed by atoms with Gasteiger partial charge in [-0.25, -0.2) is 0 Å². The molecule has 3 rings (SSSR count). The van der Waals surface area contributed by atoms with Crippen molar-refractivity contribution in [3.05, 3.63) is 29.3 Å². The molecule has 2 heterocycles. The number of carbonyl (C=O) groups excluding carboxylic acids is 2. The molecule has 0 aliphatic carbocycles. The van der Waals surface area contributed by atoms with Crippen LogP contribution in [0.3, 0.4) is 0 Å². The minimum absolute atomic E-state index is 0.00985. The van der Waals surface area contributed by atoms with E-state index >= 15 is 0 Å². The number of carbonyl (C=O) groups is 2. The summed E-state index contributed by atoms with van der Waals surface area (Å²) >= 11 is 7.88. The molecule has 2 aliphatic heterocycles. The van der Waals surface area contributed by atoms with E-state index in [4.69, 9.17) is 11.6 Å². The standard InChI is InChI=1S/C15H18ClN3O2S/c1-18(14(20)11-8-22-9-17-11)13-6-7-19(15(13)21)12-5-3-2-4-10(12)16/h2-5,11,13,17H,6-9H2,1H3. The van der Waals surface area contributed by atoms with E-state index < -0.39 is 6.04 Å². The Morgan fingerprint density at radius 1 is 1.45 bits per heavy atom. The first kappa shape index (κ1) is 15.6. The Bertz CT molecular complexity index is 592. The van der Waals surface area contributed by atoms with Crippen LogP contribution in [0.1, 0.15) is 6.42 Å². The van der Waals surface area contributed by atoms with Gasteiger partial charge >= 0.3 is 0 Å². The Labute approximate surface area is 139 Å². The van der Waals surface area contributed by atoms with Crippen LogP contribution in [0.4, 0.5) is 5.69 Å². The van der Waals surface area contributed by atoms with Crippen molar-refractivity contribution in [1.29, 1.82) is 0 Å². The number of hydrogen-bond acceptors (Lipinski definition) is 4. The van der Waals surface area contributed by atoms with Crippen LogP contribution in [0.2, 0.25) is 5.02 Å². The molecule has 7 heteroatoms. The molecule has 2 amide bonds. The second-order valence-corrected chi connectivity index (χ2v) is 6.90. The van der Waals surface area contributed by atoms with E-state index in [1.807, 2.05) is 18.2 Å². The van der Waals surface area contributed by atoms with Gasteiger partial charge in [0, 0.05) is 25.2 Å². The SMILES string of the molecule is CN(C(=O)C1CSCN1)C1CCN(c2ccccc2Cl)C1=O. The lowest BCUT2D eigenvalue weighted by atomic mass is 10.2. The molecule has 0 aromatic heterocycles. The Morgan fingerprint density at radius 3 is 2.91 bits per heavy atom. The fourth-order valence-corrected chi connectivity index (χ4v) is 4.06. The number of likely N-dealkylation sites (N-methyl/N-ethyl adjacent to an activating group) is 1. The number of nitrogens with one attached hydrogen (secondary N) is 1. The van der Waals surface area contributed by atoms with Gasteiger partial charge in [-0.05, 0) is 18.6 Å². The summed E-state index contributed by atoms with van der Waals surface area (Å²) in [5.41, 5.74) is 0.715. The number of para-hydroxylation sites is 1. The highest BCUT2D eigenvalue weighted by Crippen LogP contribution is 2.30. The number of nitrogens with zero attached hydrogens (tertiary/aromatic N) is 2. The fraction of sp³-hybridized carbons (Fsp3) is 0.467. The third kappa shape index (κ3) is 2.83. The summed E-state index contributed by atoms with van der Waals surface area (Å²) in [4.78, 5) is 28.4. The van der Waals surface area contributed by atoms with Crippen LogP contribution in [0.15, 0.2) is 24.3 Å². The number of thioether (sulfide) groups is 1. The molecule has 5 nitrogen and oxygen atoms in total. The van der Waals surface area contributed by atoms with Crippen LogP contribution in [-0.2, 0) is 9.59 Å². The summed E-state index contributed by atoms with van der Waals surface area (Å²) in [6.07, 6.45) is 0.631. The van der Waals surface area contributed by atoms with E-state index in [9.17, 15) is 9.59 Å². The van der Waals surface area contributed by atoms with E-state index in [-0.39, 0.29) is 17.9 Å². The van der Waals surface area contributed by atoms with Gasteiger partial charge in [0.25, 0.3) is 0 Å². The molecule has 1 aromatic carbocycles. The molecule has 2 unspecified atom stereocenters. The lowest BCUT2D eigenvalue weighted by molar-refractivity contribution is -0.137. The van der Waals surface area contributed by atoms with Crippen molar-refractivity contribution >= 4 is 40.9 Å². The van der Waals surface area contributed by atoms with E-state index in [0.29, 0.717) is 23.7 Å². The van der Waals surface area contributed by atoms with Crippen molar-refractivity contribution in [3.63, 3.8) is 0 Å². The number of benzene rings is 1. The number of amides is 2. The fourth-order valence-electron chi connectivity index (χ4n) is 2.89. The van der Waals surface area contributed by atoms with Crippen molar-refractivity contribution in [1.82, 2.24) is 10.2 Å². The average Bonchev–Trinajstić information content (AvgIpc) is 3.16. The summed E-state index contributed by atoms with van der Waals surface area (Å²) in [6, 6.07) is 6.71. The molecule has 0 saturated carbocycles. The minimum Gasteiger partial charge on any atom is -0.332 e. The zero-order valence-corrected chi connectivity index (χ0v) is 13.9. The van der Waals surface area contributed by atoms with Gasteiger partial charge in [0.1, 0.15) is 6.04 Å². The van der Waals surface area contributed by atoms with Crippen molar-refractivity contribution in [2.45, 2.75) is 18.5 Å². The average molecular weight is 340 g/mol. The molecular formula is C15H18ClN3O2S. The molecule has 2 atom stereocenters. The van der Waals surface area contributed by atoms with Gasteiger partial charge in [-0.3, -0.25) is 14.9 Å². The van der Waals surface area contributed by atoms with Crippen LogP contribution in [0, 0.1) is 0 Å². The van der Waals surface area contributed by atoms with E-state index in [1.54, 1.807) is 34.7 Å². The van der Waals surface area contributed by atoms with Gasteiger partial charge in [-0.2, -0.15) is 0 Å². The third-order valence-electron chi connectivity index (χ3n) is 4.15. The topological polar surface area (TPSA) is 52.7 Å². The van der Waals surface area contributed by atoms with Crippen LogP contribution in [0.25, 0.3) is 0 Å². The molecule has 2 fully saturated rings. The van der Waals surface area contributed by atoms with Gasteiger partial charge in [-0.1, -0.05) is 23.7 Å². The lowest BCUT2D eigenvalue weighted by Crippen LogP contribution is -2.50. The van der Waals surface area contributed by atoms with Crippen LogP contribution in [-0.4, -0.2) is 54.0 Å². The monoisotopic (exact) mass is 339 g/mol. The highest BCUT2D eigenvalue weighted by atomic mass is 35.5. The largest absolute Gasteiger partial charge is 0.332 e. The van der Waals surface area contributed by atoms with E-state index in [0.717, 1.165) is 11.6 Å². The summed E-state index contributed by atoms with van der Waals surface area (Å²) in [5, 5.41) is 3.71. The van der Waals surface area contributed by atoms with Crippen molar-refractivity contribution < 1.29 is 9.59 Å². The normalized spacial score (nSPS) is 24.8. The summed E-state index contributed by atoms with van der Waals surface area (Å²) in [6.45, 7) is 0.581. The molecule has 0 radical (unpaired) electrons. The van der Waals surface area contributed by atoms with Gasteiger partial charge in [0.15, 0.2) is 0 Å². The number of anilines is 1. The van der Waals surface area contributed by atoms with Gasteiger partial charge in [0.2, 0.25) is 11.8 Å². The van der Waals surface area contributed by atoms with Crippen molar-refractivity contribution in [3.8, 4) is 0 Å². The first-order valence-electron chi connectivity index (χ1n) is 7.23. The van der Waals surface area contributed by atoms with Crippen molar-refractivity contribution in [2.24, 2.45) is 0 Å². The summed E-state index contributed by atoms with van der Waals surface area (Å²) < 4.78 is 0. The molecule has 1 N–H and O–H groups in total. The second kappa shape index (κ2) is 6.48. The first-order valence-corrected chi connectivity index (χ1v) is 8.76. The third-order valence-corrected chi connectivity index (χ3v) is 5.41. The smallest absolute Gasteiger partial charge is 0.249 e. The van der Waals surface area contributed by atoms with Crippen LogP contribution in [0.5, 0.6) is 0 Å². The van der Waals surface area contributed by atoms with E-state index in [1.165, 1.54) is 0 Å². The van der Waals surface area contributed by atoms with E-state index in [2.05, 4.69) is 5.32 Å². The number of halogens is 1. The molecule has 2 aliphatic rings. The molecule has 1 aromatic rings. The zero-order valence-electron chi connectivity index (χ0n) is 12.3. The lowest BCUT2D eigenvalue weighted by Gasteiger charge is -2.26. The molecule has 118 valence electrons. The Kier molecular flexibility index (Phi) is 4.61. The highest BCUT2D eigenvalue weighted by Gasteiger charge is 2.39. The van der Waals surface area contributed by atoms with Gasteiger partial charge in [0.05, 0.1) is 16.8 Å². The molecule has 0 bridgehead atoms. The Morgan fingerprint density at radius 2 is 2.23 bits per heavy atom. The molecular weight excluding hydrogens is 322 g/mol. The summed E-state index contributed by atoms with van der Waals surface area (Å²) in [7, 11) is 1.71. The minimum atomic E-state index is -0.406. The van der Waals surface area contributed by atoms with Crippen molar-refractivity contribution in [2.75, 3.05) is 30.1 Å². The maximum absolute atomic E-state index is 12.7. The maximum atomic E-state index is 12.7. The number of rotatable bonds is 3. The number of hydrogen-bond donors (Lipinski definition) is 1. The molecule has 2 saturated heterocycles. The highest BCUT2D eigenvalue weighted by molar-refractivity contribution is 7.99. The van der Waals surface area contributed by atoms with Crippen LogP contribution < -0.4 is 10.2 Å². The quantitative estimate of drug-likeness (QED) is 0.908. The second-order valence-electron chi connectivity index (χ2n) is 5.47. The molecule has 22 heavy (non-hydrogen) atoms. The predicted molar refractivity (Wildman–Crippen MR) is 89.2 cm³/mol. The first-order chi connectivity index (χ1) is 10.6. The maximum Gasteiger partial charge on any atom is 0.249 e.